The maximum absolute atomic E-state index is 6.12. The van der Waals surface area contributed by atoms with Gasteiger partial charge in [0.25, 0.3) is 0 Å². The van der Waals surface area contributed by atoms with Crippen LogP contribution in [0.3, 0.4) is 0 Å². The van der Waals surface area contributed by atoms with E-state index in [9.17, 15) is 0 Å². The van der Waals surface area contributed by atoms with Crippen LogP contribution >= 0.6 is 23.4 Å². The van der Waals surface area contributed by atoms with Crippen LogP contribution in [0.25, 0.3) is 0 Å². The second-order valence-corrected chi connectivity index (χ2v) is 6.29. The average Bonchev–Trinajstić information content (AvgIpc) is 2.98. The lowest BCUT2D eigenvalue weighted by atomic mass is 10.2. The first-order valence-electron chi connectivity index (χ1n) is 6.99. The second-order valence-electron chi connectivity index (χ2n) is 4.92. The Bertz CT molecular complexity index is 779. The predicted octanol–water partition coefficient (Wildman–Crippen LogP) is 3.73. The minimum absolute atomic E-state index is 0.469. The number of hydrogen-bond donors (Lipinski definition) is 0. The van der Waals surface area contributed by atoms with Crippen LogP contribution in [0.2, 0.25) is 5.02 Å². The zero-order valence-electron chi connectivity index (χ0n) is 12.5. The maximum Gasteiger partial charge on any atom is 0.191 e. The maximum atomic E-state index is 6.12. The summed E-state index contributed by atoms with van der Waals surface area (Å²) in [6.45, 7) is 0.469. The number of thioether (sulfide) groups is 1. The first-order chi connectivity index (χ1) is 11.2. The van der Waals surface area contributed by atoms with E-state index in [1.807, 2.05) is 41.9 Å². The molecular formula is C16H15ClN4OS. The van der Waals surface area contributed by atoms with Crippen LogP contribution in [0.5, 0.6) is 5.75 Å². The molecule has 0 radical (unpaired) electrons. The fourth-order valence-corrected chi connectivity index (χ4v) is 3.05. The molecule has 0 unspecified atom stereocenters. The molecule has 23 heavy (non-hydrogen) atoms. The summed E-state index contributed by atoms with van der Waals surface area (Å²) in [5, 5.41) is 9.49. The van der Waals surface area contributed by atoms with Crippen LogP contribution in [0.15, 0.2) is 54.2 Å². The molecule has 1 aromatic carbocycles. The van der Waals surface area contributed by atoms with Crippen molar-refractivity contribution >= 4 is 23.4 Å². The Morgan fingerprint density at radius 1 is 1.30 bits per heavy atom. The minimum Gasteiger partial charge on any atom is -0.489 e. The van der Waals surface area contributed by atoms with Gasteiger partial charge in [-0.05, 0) is 24.3 Å². The van der Waals surface area contributed by atoms with Gasteiger partial charge in [-0.3, -0.25) is 4.98 Å². The molecule has 2 aromatic heterocycles. The van der Waals surface area contributed by atoms with Crippen LogP contribution in [0.1, 0.15) is 11.1 Å². The van der Waals surface area contributed by atoms with Crippen LogP contribution in [-0.2, 0) is 19.4 Å². The van der Waals surface area contributed by atoms with E-state index in [0.29, 0.717) is 17.4 Å². The summed E-state index contributed by atoms with van der Waals surface area (Å²) in [5.74, 6) is 1.52. The molecule has 0 aliphatic rings. The quantitative estimate of drug-likeness (QED) is 0.636. The lowest BCUT2D eigenvalue weighted by molar-refractivity contribution is 0.303. The fraction of sp³-hybridized carbons (Fsp3) is 0.188. The molecule has 0 aliphatic heterocycles. The first-order valence-corrected chi connectivity index (χ1v) is 8.35. The van der Waals surface area contributed by atoms with Crippen molar-refractivity contribution in [2.45, 2.75) is 17.5 Å². The third-order valence-corrected chi connectivity index (χ3v) is 4.48. The molecule has 5 nitrogen and oxygen atoms in total. The van der Waals surface area contributed by atoms with Crippen LogP contribution < -0.4 is 4.74 Å². The molecule has 0 fully saturated rings. The predicted molar refractivity (Wildman–Crippen MR) is 90.6 cm³/mol. The molecule has 0 amide bonds. The number of aromatic nitrogens is 4. The number of hydrogen-bond acceptors (Lipinski definition) is 5. The smallest absolute Gasteiger partial charge is 0.191 e. The van der Waals surface area contributed by atoms with Crippen molar-refractivity contribution in [3.8, 4) is 5.75 Å². The lowest BCUT2D eigenvalue weighted by Crippen LogP contribution is -1.99. The van der Waals surface area contributed by atoms with Crippen molar-refractivity contribution in [1.82, 2.24) is 19.7 Å². The normalized spacial score (nSPS) is 10.7. The summed E-state index contributed by atoms with van der Waals surface area (Å²) in [4.78, 5) is 4.09. The van der Waals surface area contributed by atoms with Gasteiger partial charge in [-0.1, -0.05) is 29.4 Å². The zero-order valence-corrected chi connectivity index (χ0v) is 14.1. The monoisotopic (exact) mass is 346 g/mol. The summed E-state index contributed by atoms with van der Waals surface area (Å²) >= 11 is 7.71. The number of halogens is 1. The summed E-state index contributed by atoms with van der Waals surface area (Å²) in [5.41, 5.74) is 2.05. The number of benzene rings is 1. The van der Waals surface area contributed by atoms with E-state index in [-0.39, 0.29) is 0 Å². The molecule has 3 aromatic rings. The highest BCUT2D eigenvalue weighted by Gasteiger charge is 2.09. The SMILES string of the molecule is Cn1cnnc1SCc1cc(Cl)ccc1OCc1cccnc1. The number of aryl methyl sites for hydroxylation is 1. The van der Waals surface area contributed by atoms with Crippen molar-refractivity contribution in [2.24, 2.45) is 7.05 Å². The van der Waals surface area contributed by atoms with E-state index in [2.05, 4.69) is 15.2 Å². The third-order valence-electron chi connectivity index (χ3n) is 3.17. The Balaban J connectivity index is 1.71. The Morgan fingerprint density at radius 2 is 2.22 bits per heavy atom. The number of pyridine rings is 1. The van der Waals surface area contributed by atoms with E-state index < -0.39 is 0 Å². The van der Waals surface area contributed by atoms with Gasteiger partial charge in [0.15, 0.2) is 5.16 Å². The Morgan fingerprint density at radius 3 is 2.96 bits per heavy atom. The molecule has 0 atom stereocenters. The van der Waals surface area contributed by atoms with Crippen LogP contribution in [-0.4, -0.2) is 19.7 Å². The van der Waals surface area contributed by atoms with Crippen LogP contribution in [0.4, 0.5) is 0 Å². The summed E-state index contributed by atoms with van der Waals surface area (Å²) in [6, 6.07) is 9.52. The Kier molecular flexibility index (Phi) is 5.15. The van der Waals surface area contributed by atoms with Gasteiger partial charge in [0.1, 0.15) is 18.7 Å². The molecule has 0 bridgehead atoms. The minimum atomic E-state index is 0.469. The highest BCUT2D eigenvalue weighted by Crippen LogP contribution is 2.29. The van der Waals surface area contributed by atoms with Gasteiger partial charge >= 0.3 is 0 Å². The van der Waals surface area contributed by atoms with E-state index >= 15 is 0 Å². The molecule has 118 valence electrons. The van der Waals surface area contributed by atoms with E-state index in [0.717, 1.165) is 22.0 Å². The van der Waals surface area contributed by atoms with Crippen LogP contribution in [0, 0.1) is 0 Å². The Hall–Kier alpha value is -2.05. The van der Waals surface area contributed by atoms with Crippen molar-refractivity contribution in [1.29, 1.82) is 0 Å². The highest BCUT2D eigenvalue weighted by atomic mass is 35.5. The molecule has 7 heteroatoms. The van der Waals surface area contributed by atoms with E-state index in [1.54, 1.807) is 30.5 Å². The molecule has 0 aliphatic carbocycles. The van der Waals surface area contributed by atoms with Gasteiger partial charge in [-0.2, -0.15) is 0 Å². The molecular weight excluding hydrogens is 332 g/mol. The molecule has 0 saturated heterocycles. The summed E-state index contributed by atoms with van der Waals surface area (Å²) < 4.78 is 7.80. The van der Waals surface area contributed by atoms with Crippen molar-refractivity contribution in [3.63, 3.8) is 0 Å². The van der Waals surface area contributed by atoms with Gasteiger partial charge in [-0.15, -0.1) is 10.2 Å². The largest absolute Gasteiger partial charge is 0.489 e. The van der Waals surface area contributed by atoms with Gasteiger partial charge in [0, 0.05) is 41.3 Å². The lowest BCUT2D eigenvalue weighted by Gasteiger charge is -2.11. The molecule has 0 saturated carbocycles. The van der Waals surface area contributed by atoms with Gasteiger partial charge < -0.3 is 9.30 Å². The first kappa shape index (κ1) is 15.8. The van der Waals surface area contributed by atoms with E-state index in [4.69, 9.17) is 16.3 Å². The summed E-state index contributed by atoms with van der Waals surface area (Å²) in [7, 11) is 1.92. The van der Waals surface area contributed by atoms with Gasteiger partial charge in [-0.25, -0.2) is 0 Å². The van der Waals surface area contributed by atoms with Gasteiger partial charge in [0.2, 0.25) is 0 Å². The second kappa shape index (κ2) is 7.48. The highest BCUT2D eigenvalue weighted by molar-refractivity contribution is 7.98. The zero-order chi connectivity index (χ0) is 16.1. The Labute approximate surface area is 143 Å². The number of nitrogens with zero attached hydrogens (tertiary/aromatic N) is 4. The van der Waals surface area contributed by atoms with E-state index in [1.165, 1.54) is 0 Å². The molecule has 3 rings (SSSR count). The number of ether oxygens (including phenoxy) is 1. The molecule has 0 N–H and O–H groups in total. The standard InChI is InChI=1S/C16H15ClN4OS/c1-21-11-19-20-16(21)23-10-13-7-14(17)4-5-15(13)22-9-12-3-2-6-18-8-12/h2-8,11H,9-10H2,1H3. The molecule has 0 spiro atoms. The van der Waals surface area contributed by atoms with Gasteiger partial charge in [0.05, 0.1) is 0 Å². The molecule has 2 heterocycles. The third kappa shape index (κ3) is 4.24. The van der Waals surface area contributed by atoms with Crippen molar-refractivity contribution in [3.05, 3.63) is 65.2 Å². The van der Waals surface area contributed by atoms with Crippen molar-refractivity contribution in [2.75, 3.05) is 0 Å². The average molecular weight is 347 g/mol. The topological polar surface area (TPSA) is 52.8 Å². The fourth-order valence-electron chi connectivity index (χ4n) is 1.99. The number of rotatable bonds is 6. The van der Waals surface area contributed by atoms with Crippen molar-refractivity contribution < 1.29 is 4.74 Å². The summed E-state index contributed by atoms with van der Waals surface area (Å²) in [6.07, 6.45) is 5.22.